The molecule has 6 heteroatoms. The minimum atomic E-state index is -0.281. The zero-order valence-corrected chi connectivity index (χ0v) is 9.92. The minimum absolute atomic E-state index is 0.276. The molecule has 2 N–H and O–H groups in total. The van der Waals surface area contributed by atoms with E-state index in [0.29, 0.717) is 5.56 Å². The van der Waals surface area contributed by atoms with Gasteiger partial charge in [-0.05, 0) is 25.1 Å². The lowest BCUT2D eigenvalue weighted by Crippen LogP contribution is -2.14. The van der Waals surface area contributed by atoms with Crippen molar-refractivity contribution < 1.29 is 4.79 Å². The number of hydrogen-bond donors (Lipinski definition) is 2. The van der Waals surface area contributed by atoms with Gasteiger partial charge in [0, 0.05) is 25.1 Å². The Labute approximate surface area is 105 Å². The van der Waals surface area contributed by atoms with Gasteiger partial charge in [0.15, 0.2) is 0 Å². The summed E-state index contributed by atoms with van der Waals surface area (Å²) >= 11 is 0. The van der Waals surface area contributed by atoms with Crippen LogP contribution >= 0.6 is 0 Å². The molecule has 0 aliphatic heterocycles. The summed E-state index contributed by atoms with van der Waals surface area (Å²) < 4.78 is 0. The summed E-state index contributed by atoms with van der Waals surface area (Å²) in [4.78, 5) is 23.8. The molecule has 2 rings (SSSR count). The molecule has 0 fully saturated rings. The van der Waals surface area contributed by atoms with E-state index < -0.39 is 0 Å². The molecular formula is C12H13N5O. The van der Waals surface area contributed by atoms with E-state index in [-0.39, 0.29) is 11.9 Å². The number of carbonyl (C=O) groups is 1. The normalized spacial score (nSPS) is 9.83. The van der Waals surface area contributed by atoms with Crippen LogP contribution in [0.5, 0.6) is 0 Å². The molecule has 6 nitrogen and oxygen atoms in total. The van der Waals surface area contributed by atoms with E-state index in [1.807, 2.05) is 6.92 Å². The van der Waals surface area contributed by atoms with E-state index in [9.17, 15) is 4.79 Å². The van der Waals surface area contributed by atoms with E-state index in [1.165, 1.54) is 6.20 Å². The summed E-state index contributed by atoms with van der Waals surface area (Å²) in [5.74, 6) is 0.736. The van der Waals surface area contributed by atoms with E-state index >= 15 is 0 Å². The molecule has 0 bridgehead atoms. The van der Waals surface area contributed by atoms with Crippen molar-refractivity contribution in [1.29, 1.82) is 0 Å². The highest BCUT2D eigenvalue weighted by Gasteiger charge is 2.07. The van der Waals surface area contributed by atoms with Gasteiger partial charge in [-0.3, -0.25) is 10.1 Å². The van der Waals surface area contributed by atoms with Crippen LogP contribution in [0.3, 0.4) is 0 Å². The van der Waals surface area contributed by atoms with Gasteiger partial charge in [-0.15, -0.1) is 0 Å². The summed E-state index contributed by atoms with van der Waals surface area (Å²) in [6, 6.07) is 5.13. The lowest BCUT2D eigenvalue weighted by molar-refractivity contribution is 0.102. The predicted molar refractivity (Wildman–Crippen MR) is 68.4 cm³/mol. The van der Waals surface area contributed by atoms with Crippen LogP contribution in [0.1, 0.15) is 17.3 Å². The molecule has 0 aliphatic rings. The van der Waals surface area contributed by atoms with E-state index in [4.69, 9.17) is 0 Å². The number of anilines is 2. The Kier molecular flexibility index (Phi) is 3.80. The van der Waals surface area contributed by atoms with Gasteiger partial charge in [-0.25, -0.2) is 15.0 Å². The molecule has 0 saturated carbocycles. The molecule has 0 atom stereocenters. The molecule has 0 aliphatic carbocycles. The monoisotopic (exact) mass is 243 g/mol. The summed E-state index contributed by atoms with van der Waals surface area (Å²) in [7, 11) is 0. The SMILES string of the molecule is CCNc1ccc(C(=O)Nc2ncccn2)cn1. The van der Waals surface area contributed by atoms with Crippen molar-refractivity contribution in [2.45, 2.75) is 6.92 Å². The highest BCUT2D eigenvalue weighted by Crippen LogP contribution is 2.06. The summed E-state index contributed by atoms with van der Waals surface area (Å²) in [6.45, 7) is 2.77. The maximum atomic E-state index is 11.8. The molecule has 2 aromatic heterocycles. The van der Waals surface area contributed by atoms with Crippen molar-refractivity contribution in [3.05, 3.63) is 42.4 Å². The van der Waals surface area contributed by atoms with Crippen molar-refractivity contribution >= 4 is 17.7 Å². The highest BCUT2D eigenvalue weighted by molar-refractivity contribution is 6.03. The second-order valence-corrected chi connectivity index (χ2v) is 3.49. The molecule has 0 aromatic carbocycles. The first kappa shape index (κ1) is 12.0. The Morgan fingerprint density at radius 1 is 1.22 bits per heavy atom. The number of hydrogen-bond acceptors (Lipinski definition) is 5. The average molecular weight is 243 g/mol. The highest BCUT2D eigenvalue weighted by atomic mass is 16.1. The van der Waals surface area contributed by atoms with Gasteiger partial charge in [0.1, 0.15) is 5.82 Å². The number of nitrogens with one attached hydrogen (secondary N) is 2. The lowest BCUT2D eigenvalue weighted by Gasteiger charge is -2.04. The molecule has 0 spiro atoms. The third-order valence-corrected chi connectivity index (χ3v) is 2.17. The van der Waals surface area contributed by atoms with Gasteiger partial charge in [0.25, 0.3) is 5.91 Å². The fourth-order valence-corrected chi connectivity index (χ4v) is 1.35. The summed E-state index contributed by atoms with van der Waals surface area (Å²) in [6.07, 6.45) is 4.64. The second kappa shape index (κ2) is 5.72. The van der Waals surface area contributed by atoms with E-state index in [0.717, 1.165) is 12.4 Å². The third-order valence-electron chi connectivity index (χ3n) is 2.17. The third kappa shape index (κ3) is 3.00. The number of pyridine rings is 1. The summed E-state index contributed by atoms with van der Waals surface area (Å²) in [5.41, 5.74) is 0.462. The van der Waals surface area contributed by atoms with Gasteiger partial charge in [-0.2, -0.15) is 0 Å². The first-order chi connectivity index (χ1) is 8.79. The average Bonchev–Trinajstić information content (AvgIpc) is 2.41. The Balaban J connectivity index is 2.05. The van der Waals surface area contributed by atoms with E-state index in [2.05, 4.69) is 25.6 Å². The first-order valence-electron chi connectivity index (χ1n) is 5.58. The largest absolute Gasteiger partial charge is 0.370 e. The van der Waals surface area contributed by atoms with Crippen LogP contribution in [-0.2, 0) is 0 Å². The van der Waals surface area contributed by atoms with Crippen molar-refractivity contribution in [3.8, 4) is 0 Å². The lowest BCUT2D eigenvalue weighted by atomic mass is 10.2. The van der Waals surface area contributed by atoms with Gasteiger partial charge in [-0.1, -0.05) is 0 Å². The van der Waals surface area contributed by atoms with Gasteiger partial charge in [0.2, 0.25) is 5.95 Å². The standard InChI is InChI=1S/C12H13N5O/c1-2-13-10-5-4-9(8-16-10)11(18)17-12-14-6-3-7-15-12/h3-8H,2H2,1H3,(H,13,16)(H,14,15,17,18). The fourth-order valence-electron chi connectivity index (χ4n) is 1.35. The predicted octanol–water partition coefficient (Wildman–Crippen LogP) is 1.56. The topological polar surface area (TPSA) is 79.8 Å². The molecule has 2 heterocycles. The van der Waals surface area contributed by atoms with Gasteiger partial charge >= 0.3 is 0 Å². The smallest absolute Gasteiger partial charge is 0.259 e. The molecule has 1 amide bonds. The molecule has 0 radical (unpaired) electrons. The van der Waals surface area contributed by atoms with Crippen LogP contribution in [0.25, 0.3) is 0 Å². The number of carbonyl (C=O) groups excluding carboxylic acids is 1. The number of rotatable bonds is 4. The Morgan fingerprint density at radius 2 is 2.00 bits per heavy atom. The Bertz CT molecular complexity index is 512. The van der Waals surface area contributed by atoms with Crippen LogP contribution in [-0.4, -0.2) is 27.4 Å². The van der Waals surface area contributed by atoms with Crippen LogP contribution in [0.4, 0.5) is 11.8 Å². The van der Waals surface area contributed by atoms with Crippen LogP contribution < -0.4 is 10.6 Å². The molecule has 0 unspecified atom stereocenters. The molecule has 92 valence electrons. The van der Waals surface area contributed by atoms with Crippen LogP contribution in [0.2, 0.25) is 0 Å². The maximum Gasteiger partial charge on any atom is 0.259 e. The zero-order chi connectivity index (χ0) is 12.8. The van der Waals surface area contributed by atoms with Crippen molar-refractivity contribution in [1.82, 2.24) is 15.0 Å². The van der Waals surface area contributed by atoms with Crippen molar-refractivity contribution in [3.63, 3.8) is 0 Å². The van der Waals surface area contributed by atoms with Crippen molar-refractivity contribution in [2.75, 3.05) is 17.2 Å². The number of amides is 1. The second-order valence-electron chi connectivity index (χ2n) is 3.49. The molecule has 18 heavy (non-hydrogen) atoms. The fraction of sp³-hybridized carbons (Fsp3) is 0.167. The van der Waals surface area contributed by atoms with Crippen molar-refractivity contribution in [2.24, 2.45) is 0 Å². The Hall–Kier alpha value is -2.50. The number of nitrogens with zero attached hydrogens (tertiary/aromatic N) is 3. The molecular weight excluding hydrogens is 230 g/mol. The van der Waals surface area contributed by atoms with Gasteiger partial charge in [0.05, 0.1) is 5.56 Å². The first-order valence-corrected chi connectivity index (χ1v) is 5.58. The maximum absolute atomic E-state index is 11.8. The summed E-state index contributed by atoms with van der Waals surface area (Å²) in [5, 5.41) is 5.64. The van der Waals surface area contributed by atoms with Crippen LogP contribution in [0.15, 0.2) is 36.8 Å². The minimum Gasteiger partial charge on any atom is -0.370 e. The quantitative estimate of drug-likeness (QED) is 0.851. The van der Waals surface area contributed by atoms with Gasteiger partial charge < -0.3 is 5.32 Å². The number of aromatic nitrogens is 3. The molecule has 0 saturated heterocycles. The Morgan fingerprint density at radius 3 is 2.61 bits per heavy atom. The zero-order valence-electron chi connectivity index (χ0n) is 9.92. The van der Waals surface area contributed by atoms with E-state index in [1.54, 1.807) is 30.6 Å². The van der Waals surface area contributed by atoms with Crippen LogP contribution in [0, 0.1) is 0 Å². The molecule has 2 aromatic rings.